The summed E-state index contributed by atoms with van der Waals surface area (Å²) < 4.78 is 11.2. The molecule has 164 valence electrons. The smallest absolute Gasteiger partial charge is 0.336 e. The van der Waals surface area contributed by atoms with Crippen LogP contribution >= 0.6 is 0 Å². The molecule has 1 amide bonds. The highest BCUT2D eigenvalue weighted by Crippen LogP contribution is 2.29. The number of carboxylic acid groups (broad SMARTS) is 1. The molecular weight excluding hydrogens is 386 g/mol. The second-order valence-electron chi connectivity index (χ2n) is 7.73. The lowest BCUT2D eigenvalue weighted by molar-refractivity contribution is -0.144. The molecule has 1 aromatic heterocycles. The van der Waals surface area contributed by atoms with Crippen molar-refractivity contribution in [2.45, 2.75) is 72.4 Å². The molecule has 7 nitrogen and oxygen atoms in total. The number of carbonyl (C=O) groups is 2. The Morgan fingerprint density at radius 1 is 1.23 bits per heavy atom. The topological polar surface area (TPSA) is 106 Å². The molecule has 0 aliphatic carbocycles. The Labute approximate surface area is 176 Å². The molecule has 0 radical (unpaired) electrons. The van der Waals surface area contributed by atoms with Crippen LogP contribution in [0.4, 0.5) is 0 Å². The van der Waals surface area contributed by atoms with Gasteiger partial charge < -0.3 is 19.6 Å². The van der Waals surface area contributed by atoms with Gasteiger partial charge in [0.25, 0.3) is 5.91 Å². The minimum atomic E-state index is -1.08. The minimum Gasteiger partial charge on any atom is -0.480 e. The third kappa shape index (κ3) is 5.40. The maximum atomic E-state index is 12.5. The molecule has 30 heavy (non-hydrogen) atoms. The number of fused-ring (bicyclic) bond motifs is 1. The highest BCUT2D eigenvalue weighted by molar-refractivity contribution is 5.87. The Hall–Kier alpha value is -2.83. The second-order valence-corrected chi connectivity index (χ2v) is 7.73. The number of aliphatic carboxylic acids is 1. The van der Waals surface area contributed by atoms with Crippen molar-refractivity contribution >= 4 is 22.8 Å². The van der Waals surface area contributed by atoms with Crippen LogP contribution in [-0.4, -0.2) is 29.1 Å². The average Bonchev–Trinajstić information content (AvgIpc) is 2.71. The van der Waals surface area contributed by atoms with E-state index < -0.39 is 29.6 Å². The summed E-state index contributed by atoms with van der Waals surface area (Å²) in [5.41, 5.74) is 1.58. The fourth-order valence-corrected chi connectivity index (χ4v) is 3.31. The zero-order valence-electron chi connectivity index (χ0n) is 18.3. The molecule has 1 heterocycles. The molecular formula is C23H31NO6. The summed E-state index contributed by atoms with van der Waals surface area (Å²) >= 11 is 0. The van der Waals surface area contributed by atoms with E-state index in [-0.39, 0.29) is 5.92 Å². The average molecular weight is 418 g/mol. The molecule has 0 saturated heterocycles. The second kappa shape index (κ2) is 10.3. The SMILES string of the molecule is CCCCc1cc(=O)oc2c(C)c(O[C@H](C)C(=O)N[C@H](C(=O)O)[C@H](C)CC)ccc12. The van der Waals surface area contributed by atoms with Gasteiger partial charge in [0.1, 0.15) is 17.4 Å². The first kappa shape index (κ1) is 23.4. The van der Waals surface area contributed by atoms with Gasteiger partial charge in [-0.3, -0.25) is 4.79 Å². The standard InChI is InChI=1S/C23H31NO6/c1-6-8-9-16-12-19(25)30-21-14(4)18(11-10-17(16)21)29-15(5)22(26)24-20(23(27)28)13(3)7-2/h10-13,15,20H,6-9H2,1-5H3,(H,24,26)(H,27,28)/t13-,15-,20+/m1/s1. The van der Waals surface area contributed by atoms with Crippen LogP contribution in [-0.2, 0) is 16.0 Å². The summed E-state index contributed by atoms with van der Waals surface area (Å²) in [5.74, 6) is -1.39. The first-order valence-corrected chi connectivity index (χ1v) is 10.5. The molecule has 0 aliphatic heterocycles. The quantitative estimate of drug-likeness (QED) is 0.569. The summed E-state index contributed by atoms with van der Waals surface area (Å²) in [6.45, 7) is 9.06. The van der Waals surface area contributed by atoms with Crippen LogP contribution in [0.25, 0.3) is 11.0 Å². The summed E-state index contributed by atoms with van der Waals surface area (Å²) in [6.07, 6.45) is 2.47. The van der Waals surface area contributed by atoms with Crippen LogP contribution in [0.1, 0.15) is 58.1 Å². The van der Waals surface area contributed by atoms with Gasteiger partial charge >= 0.3 is 11.6 Å². The van der Waals surface area contributed by atoms with Crippen molar-refractivity contribution in [1.29, 1.82) is 0 Å². The fourth-order valence-electron chi connectivity index (χ4n) is 3.31. The van der Waals surface area contributed by atoms with E-state index in [1.807, 2.05) is 13.0 Å². The van der Waals surface area contributed by atoms with Crippen molar-refractivity contribution in [2.24, 2.45) is 5.92 Å². The number of ether oxygens (including phenoxy) is 1. The number of amides is 1. The third-order valence-electron chi connectivity index (χ3n) is 5.45. The van der Waals surface area contributed by atoms with E-state index in [9.17, 15) is 19.5 Å². The molecule has 2 rings (SSSR count). The Balaban J connectivity index is 2.26. The van der Waals surface area contributed by atoms with Crippen molar-refractivity contribution < 1.29 is 23.8 Å². The van der Waals surface area contributed by atoms with E-state index >= 15 is 0 Å². The van der Waals surface area contributed by atoms with Crippen LogP contribution in [0, 0.1) is 12.8 Å². The van der Waals surface area contributed by atoms with Crippen LogP contribution in [0.15, 0.2) is 27.4 Å². The van der Waals surface area contributed by atoms with Gasteiger partial charge in [0, 0.05) is 17.0 Å². The van der Waals surface area contributed by atoms with Crippen molar-refractivity contribution in [3.8, 4) is 5.75 Å². The van der Waals surface area contributed by atoms with Gasteiger partial charge in [0.2, 0.25) is 0 Å². The molecule has 2 N–H and O–H groups in total. The van der Waals surface area contributed by atoms with Crippen molar-refractivity contribution in [2.75, 3.05) is 0 Å². The van der Waals surface area contributed by atoms with Crippen LogP contribution < -0.4 is 15.7 Å². The maximum absolute atomic E-state index is 12.5. The van der Waals surface area contributed by atoms with Gasteiger partial charge in [-0.1, -0.05) is 33.6 Å². The van der Waals surface area contributed by atoms with E-state index in [0.717, 1.165) is 30.2 Å². The number of rotatable bonds is 10. The Morgan fingerprint density at radius 2 is 1.93 bits per heavy atom. The maximum Gasteiger partial charge on any atom is 0.336 e. The molecule has 0 unspecified atom stereocenters. The Morgan fingerprint density at radius 3 is 2.53 bits per heavy atom. The predicted octanol–water partition coefficient (Wildman–Crippen LogP) is 3.83. The largest absolute Gasteiger partial charge is 0.480 e. The number of carboxylic acids is 1. The molecule has 3 atom stereocenters. The zero-order valence-corrected chi connectivity index (χ0v) is 18.3. The van der Waals surface area contributed by atoms with Crippen LogP contribution in [0.2, 0.25) is 0 Å². The Bertz CT molecular complexity index is 964. The van der Waals surface area contributed by atoms with Gasteiger partial charge in [-0.15, -0.1) is 0 Å². The monoisotopic (exact) mass is 417 g/mol. The molecule has 1 aromatic carbocycles. The number of aryl methyl sites for hydroxylation is 2. The molecule has 0 bridgehead atoms. The first-order chi connectivity index (χ1) is 14.2. The summed E-state index contributed by atoms with van der Waals surface area (Å²) in [6, 6.07) is 4.12. The lowest BCUT2D eigenvalue weighted by atomic mass is 9.99. The molecule has 0 spiro atoms. The molecule has 0 fully saturated rings. The number of hydrogen-bond acceptors (Lipinski definition) is 5. The first-order valence-electron chi connectivity index (χ1n) is 10.5. The van der Waals surface area contributed by atoms with Gasteiger partial charge in [0.15, 0.2) is 6.10 Å². The van der Waals surface area contributed by atoms with E-state index in [0.29, 0.717) is 23.3 Å². The highest BCUT2D eigenvalue weighted by Gasteiger charge is 2.28. The fraction of sp³-hybridized carbons (Fsp3) is 0.522. The van der Waals surface area contributed by atoms with E-state index in [1.165, 1.54) is 6.07 Å². The Kier molecular flexibility index (Phi) is 8.03. The van der Waals surface area contributed by atoms with E-state index in [2.05, 4.69) is 12.2 Å². The summed E-state index contributed by atoms with van der Waals surface area (Å²) in [7, 11) is 0. The highest BCUT2D eigenvalue weighted by atomic mass is 16.5. The van der Waals surface area contributed by atoms with Crippen molar-refractivity contribution in [3.63, 3.8) is 0 Å². The number of carbonyl (C=O) groups excluding carboxylic acids is 1. The lowest BCUT2D eigenvalue weighted by Crippen LogP contribution is -2.49. The third-order valence-corrected chi connectivity index (χ3v) is 5.45. The van der Waals surface area contributed by atoms with Gasteiger partial charge in [0.05, 0.1) is 0 Å². The van der Waals surface area contributed by atoms with Crippen LogP contribution in [0.3, 0.4) is 0 Å². The number of unbranched alkanes of at least 4 members (excludes halogenated alkanes) is 1. The van der Waals surface area contributed by atoms with Crippen LogP contribution in [0.5, 0.6) is 5.75 Å². The lowest BCUT2D eigenvalue weighted by Gasteiger charge is -2.23. The molecule has 0 aliphatic rings. The van der Waals surface area contributed by atoms with Gasteiger partial charge in [-0.2, -0.15) is 0 Å². The molecule has 2 aromatic rings. The van der Waals surface area contributed by atoms with Gasteiger partial charge in [-0.05, 0) is 50.3 Å². The van der Waals surface area contributed by atoms with Gasteiger partial charge in [-0.25, -0.2) is 9.59 Å². The molecule has 0 saturated carbocycles. The minimum absolute atomic E-state index is 0.211. The van der Waals surface area contributed by atoms with Crippen molar-refractivity contribution in [1.82, 2.24) is 5.32 Å². The normalized spacial score (nSPS) is 14.2. The summed E-state index contributed by atoms with van der Waals surface area (Å²) in [4.78, 5) is 36.0. The number of benzene rings is 1. The molecule has 7 heteroatoms. The number of hydrogen-bond donors (Lipinski definition) is 2. The van der Waals surface area contributed by atoms with E-state index in [4.69, 9.17) is 9.15 Å². The van der Waals surface area contributed by atoms with E-state index in [1.54, 1.807) is 26.8 Å². The zero-order chi connectivity index (χ0) is 22.4. The number of nitrogens with one attached hydrogen (secondary N) is 1. The predicted molar refractivity (Wildman–Crippen MR) is 115 cm³/mol. The summed E-state index contributed by atoms with van der Waals surface area (Å²) in [5, 5.41) is 12.8. The van der Waals surface area contributed by atoms with Crippen molar-refractivity contribution in [3.05, 3.63) is 39.7 Å².